The van der Waals surface area contributed by atoms with Crippen molar-refractivity contribution in [3.63, 3.8) is 0 Å². The molecule has 5 aromatic rings. The van der Waals surface area contributed by atoms with Crippen molar-refractivity contribution >= 4 is 39.1 Å². The van der Waals surface area contributed by atoms with Gasteiger partial charge >= 0.3 is 0 Å². The number of benzene rings is 2. The summed E-state index contributed by atoms with van der Waals surface area (Å²) in [7, 11) is 1.61. The highest BCUT2D eigenvalue weighted by Crippen LogP contribution is 2.34. The highest BCUT2D eigenvalue weighted by Gasteiger charge is 2.31. The van der Waals surface area contributed by atoms with Crippen LogP contribution in [0.5, 0.6) is 17.2 Å². The van der Waals surface area contributed by atoms with Gasteiger partial charge in [0.15, 0.2) is 17.4 Å². The van der Waals surface area contributed by atoms with E-state index in [1.54, 1.807) is 19.5 Å². The van der Waals surface area contributed by atoms with Gasteiger partial charge in [-0.25, -0.2) is 4.98 Å². The number of anilines is 3. The maximum atomic E-state index is 6.15. The normalized spacial score (nSPS) is 17.4. The first kappa shape index (κ1) is 23.6. The van der Waals surface area contributed by atoms with Gasteiger partial charge in [0.1, 0.15) is 17.0 Å². The molecule has 2 aliphatic heterocycles. The Balaban J connectivity index is 1.11. The molecule has 9 nitrogen and oxygen atoms in total. The molecule has 2 aliphatic rings. The van der Waals surface area contributed by atoms with Gasteiger partial charge in [-0.1, -0.05) is 24.3 Å². The molecule has 2 aromatic carbocycles. The zero-order valence-electron chi connectivity index (χ0n) is 21.7. The third kappa shape index (κ3) is 4.55. The lowest BCUT2D eigenvalue weighted by Crippen LogP contribution is -2.50. The van der Waals surface area contributed by atoms with E-state index < -0.39 is 0 Å². The summed E-state index contributed by atoms with van der Waals surface area (Å²) in [5.74, 6) is 3.70. The predicted molar refractivity (Wildman–Crippen MR) is 152 cm³/mol. The fraction of sp³-hybridized carbons (Fsp3) is 0.267. The Morgan fingerprint density at radius 1 is 0.897 bits per heavy atom. The lowest BCUT2D eigenvalue weighted by atomic mass is 10.1. The molecule has 5 heterocycles. The Labute approximate surface area is 226 Å². The van der Waals surface area contributed by atoms with Crippen LogP contribution in [0.1, 0.15) is 12.8 Å². The molecule has 1 atom stereocenters. The topological polar surface area (TPSA) is 88.5 Å². The van der Waals surface area contributed by atoms with Crippen LogP contribution < -0.4 is 19.7 Å². The second kappa shape index (κ2) is 9.99. The molecule has 39 heavy (non-hydrogen) atoms. The number of hydrogen-bond donors (Lipinski definition) is 1. The zero-order chi connectivity index (χ0) is 26.2. The average molecular weight is 520 g/mol. The van der Waals surface area contributed by atoms with Gasteiger partial charge in [-0.15, -0.1) is 10.2 Å². The van der Waals surface area contributed by atoms with Crippen molar-refractivity contribution in [1.82, 2.24) is 25.1 Å². The largest absolute Gasteiger partial charge is 0.495 e. The number of pyridine rings is 2. The molecule has 0 bridgehead atoms. The fourth-order valence-electron chi connectivity index (χ4n) is 5.65. The maximum absolute atomic E-state index is 6.15. The van der Waals surface area contributed by atoms with Crippen LogP contribution in [0.15, 0.2) is 73.1 Å². The Hall–Kier alpha value is -4.50. The number of ether oxygens (including phenoxy) is 2. The van der Waals surface area contributed by atoms with E-state index in [4.69, 9.17) is 14.6 Å². The van der Waals surface area contributed by atoms with Crippen LogP contribution >= 0.6 is 0 Å². The molecular formula is C30H29N7O2. The molecule has 2 fully saturated rings. The number of rotatable bonds is 6. The number of piperazine rings is 1. The minimum absolute atomic E-state index is 0.626. The lowest BCUT2D eigenvalue weighted by Gasteiger charge is -2.38. The first-order chi connectivity index (χ1) is 19.2. The fourth-order valence-corrected chi connectivity index (χ4v) is 5.65. The van der Waals surface area contributed by atoms with Gasteiger partial charge < -0.3 is 19.7 Å². The van der Waals surface area contributed by atoms with Gasteiger partial charge in [0.2, 0.25) is 0 Å². The first-order valence-corrected chi connectivity index (χ1v) is 13.3. The first-order valence-electron chi connectivity index (χ1n) is 13.3. The monoisotopic (exact) mass is 519 g/mol. The minimum atomic E-state index is 0.626. The third-order valence-electron chi connectivity index (χ3n) is 7.65. The van der Waals surface area contributed by atoms with Crippen LogP contribution in [0.3, 0.4) is 0 Å². The highest BCUT2D eigenvalue weighted by molar-refractivity contribution is 5.99. The van der Waals surface area contributed by atoms with Crippen LogP contribution in [0.4, 0.5) is 17.3 Å². The van der Waals surface area contributed by atoms with E-state index in [9.17, 15) is 0 Å². The molecular weight excluding hydrogens is 490 g/mol. The number of aromatic nitrogens is 4. The summed E-state index contributed by atoms with van der Waals surface area (Å²) in [6.07, 6.45) is 5.93. The molecule has 9 heteroatoms. The van der Waals surface area contributed by atoms with Crippen molar-refractivity contribution in [3.05, 3.63) is 73.1 Å². The molecule has 1 N–H and O–H groups in total. The molecule has 2 saturated heterocycles. The average Bonchev–Trinajstić information content (AvgIpc) is 3.46. The Morgan fingerprint density at radius 3 is 2.64 bits per heavy atom. The summed E-state index contributed by atoms with van der Waals surface area (Å²) in [6, 6.07) is 20.4. The summed E-state index contributed by atoms with van der Waals surface area (Å²) in [4.78, 5) is 13.9. The molecule has 0 spiro atoms. The van der Waals surface area contributed by atoms with Crippen molar-refractivity contribution in [2.24, 2.45) is 0 Å². The van der Waals surface area contributed by atoms with Crippen LogP contribution in [0, 0.1) is 0 Å². The Bertz CT molecular complexity index is 1640. The van der Waals surface area contributed by atoms with Crippen LogP contribution in [0.25, 0.3) is 21.8 Å². The zero-order valence-corrected chi connectivity index (χ0v) is 21.7. The van der Waals surface area contributed by atoms with E-state index in [1.807, 2.05) is 42.5 Å². The number of nitrogens with one attached hydrogen (secondary N) is 1. The van der Waals surface area contributed by atoms with E-state index >= 15 is 0 Å². The summed E-state index contributed by atoms with van der Waals surface area (Å²) in [6.45, 7) is 4.32. The molecule has 0 unspecified atom stereocenters. The van der Waals surface area contributed by atoms with Gasteiger partial charge in [-0.05, 0) is 43.7 Å². The molecule has 0 aliphatic carbocycles. The van der Waals surface area contributed by atoms with E-state index in [1.165, 1.54) is 19.4 Å². The molecule has 196 valence electrons. The van der Waals surface area contributed by atoms with E-state index in [0.29, 0.717) is 34.3 Å². The second-order valence-electron chi connectivity index (χ2n) is 10.00. The molecule has 7 rings (SSSR count). The predicted octanol–water partition coefficient (Wildman–Crippen LogP) is 5.40. The van der Waals surface area contributed by atoms with Gasteiger partial charge in [-0.3, -0.25) is 9.88 Å². The maximum Gasteiger partial charge on any atom is 0.161 e. The van der Waals surface area contributed by atoms with Gasteiger partial charge in [-0.2, -0.15) is 0 Å². The smallest absolute Gasteiger partial charge is 0.161 e. The Kier molecular flexibility index (Phi) is 6.05. The van der Waals surface area contributed by atoms with E-state index in [-0.39, 0.29) is 0 Å². The van der Waals surface area contributed by atoms with Crippen molar-refractivity contribution in [2.45, 2.75) is 18.9 Å². The number of fused-ring (bicyclic) bond motifs is 3. The van der Waals surface area contributed by atoms with Gasteiger partial charge in [0, 0.05) is 60.5 Å². The molecule has 0 saturated carbocycles. The van der Waals surface area contributed by atoms with Crippen molar-refractivity contribution in [1.29, 1.82) is 0 Å². The van der Waals surface area contributed by atoms with Gasteiger partial charge in [0.05, 0.1) is 18.8 Å². The minimum Gasteiger partial charge on any atom is -0.495 e. The SMILES string of the molecule is COc1cnc2c(Oc3ccc(Nc4nnc(N5CCN6CCC[C@H]6C5)c5ccccc45)cc3)ccnc2c1. The quantitative estimate of drug-likeness (QED) is 0.317. The number of hydrogen-bond acceptors (Lipinski definition) is 9. The summed E-state index contributed by atoms with van der Waals surface area (Å²) >= 11 is 0. The third-order valence-corrected chi connectivity index (χ3v) is 7.65. The second-order valence-corrected chi connectivity index (χ2v) is 10.00. The standard InChI is InChI=1S/C30H29N7O2/c1-38-23-17-26-28(32-18-23)27(12-13-31-26)39-22-10-8-20(9-11-22)33-29-24-6-2-3-7-25(24)30(35-34-29)37-16-15-36-14-4-5-21(36)19-37/h2-3,6-13,17-18,21H,4-5,14-16,19H2,1H3,(H,33,34)/t21-/m0/s1. The molecule has 3 aromatic heterocycles. The summed E-state index contributed by atoms with van der Waals surface area (Å²) < 4.78 is 11.4. The van der Waals surface area contributed by atoms with Crippen LogP contribution in [-0.4, -0.2) is 64.4 Å². The van der Waals surface area contributed by atoms with E-state index in [2.05, 4.69) is 48.4 Å². The van der Waals surface area contributed by atoms with Crippen molar-refractivity contribution in [2.75, 3.05) is 43.5 Å². The molecule has 0 radical (unpaired) electrons. The highest BCUT2D eigenvalue weighted by atomic mass is 16.5. The lowest BCUT2D eigenvalue weighted by molar-refractivity contribution is 0.230. The molecule has 0 amide bonds. The van der Waals surface area contributed by atoms with Crippen LogP contribution in [-0.2, 0) is 0 Å². The summed E-state index contributed by atoms with van der Waals surface area (Å²) in [5, 5.41) is 15.0. The number of methoxy groups -OCH3 is 1. The Morgan fingerprint density at radius 2 is 1.77 bits per heavy atom. The van der Waals surface area contributed by atoms with E-state index in [0.717, 1.165) is 47.7 Å². The van der Waals surface area contributed by atoms with Crippen LogP contribution in [0.2, 0.25) is 0 Å². The summed E-state index contributed by atoms with van der Waals surface area (Å²) in [5.41, 5.74) is 2.29. The number of nitrogens with zero attached hydrogens (tertiary/aromatic N) is 6. The van der Waals surface area contributed by atoms with Crippen molar-refractivity contribution < 1.29 is 9.47 Å². The van der Waals surface area contributed by atoms with Crippen molar-refractivity contribution in [3.8, 4) is 17.2 Å². The van der Waals surface area contributed by atoms with Gasteiger partial charge in [0.25, 0.3) is 0 Å².